The molecule has 0 aromatic carbocycles. The number of esters is 1. The second-order valence-electron chi connectivity index (χ2n) is 3.32. The van der Waals surface area contributed by atoms with Gasteiger partial charge in [0, 0.05) is 0 Å². The molecule has 1 aliphatic carbocycles. The van der Waals surface area contributed by atoms with Crippen molar-refractivity contribution in [3.63, 3.8) is 0 Å². The summed E-state index contributed by atoms with van der Waals surface area (Å²) in [7, 11) is 1.33. The largest absolute Gasteiger partial charge is 0.480 e. The predicted molar refractivity (Wildman–Crippen MR) is 43.8 cm³/mol. The lowest BCUT2D eigenvalue weighted by atomic mass is 9.71. The molecule has 0 spiro atoms. The quantitative estimate of drug-likeness (QED) is 0.586. The van der Waals surface area contributed by atoms with Crippen molar-refractivity contribution in [3.05, 3.63) is 0 Å². The topological polar surface area (TPSA) is 89.6 Å². The molecule has 1 aliphatic rings. The van der Waals surface area contributed by atoms with Gasteiger partial charge in [-0.05, 0) is 18.8 Å². The molecule has 0 aromatic heterocycles. The van der Waals surface area contributed by atoms with Crippen LogP contribution in [0.5, 0.6) is 0 Å². The number of rotatable bonds is 3. The molecule has 1 rings (SSSR count). The Hall–Kier alpha value is -1.10. The fourth-order valence-corrected chi connectivity index (χ4v) is 1.52. The van der Waals surface area contributed by atoms with E-state index in [1.807, 2.05) is 0 Å². The maximum absolute atomic E-state index is 10.9. The highest BCUT2D eigenvalue weighted by molar-refractivity contribution is 5.76. The van der Waals surface area contributed by atoms with Gasteiger partial charge in [0.25, 0.3) is 0 Å². The van der Waals surface area contributed by atoms with Crippen molar-refractivity contribution in [1.29, 1.82) is 0 Å². The van der Waals surface area contributed by atoms with Gasteiger partial charge in [0.15, 0.2) is 0 Å². The lowest BCUT2D eigenvalue weighted by Gasteiger charge is -2.35. The Morgan fingerprint density at radius 1 is 1.54 bits per heavy atom. The van der Waals surface area contributed by atoms with Crippen molar-refractivity contribution in [3.8, 4) is 0 Å². The minimum atomic E-state index is -1.01. The van der Waals surface area contributed by atoms with E-state index in [0.29, 0.717) is 12.8 Å². The van der Waals surface area contributed by atoms with Crippen LogP contribution in [0.15, 0.2) is 0 Å². The molecule has 3 N–H and O–H groups in total. The van der Waals surface area contributed by atoms with Crippen molar-refractivity contribution in [2.75, 3.05) is 7.11 Å². The average molecular weight is 187 g/mol. The van der Waals surface area contributed by atoms with Crippen LogP contribution in [0, 0.1) is 11.8 Å². The fraction of sp³-hybridized carbons (Fsp3) is 0.750. The van der Waals surface area contributed by atoms with Crippen molar-refractivity contribution in [2.24, 2.45) is 17.6 Å². The Balaban J connectivity index is 2.33. The van der Waals surface area contributed by atoms with E-state index in [0.717, 1.165) is 0 Å². The molecule has 1 saturated carbocycles. The van der Waals surface area contributed by atoms with Crippen LogP contribution in [0.1, 0.15) is 12.8 Å². The van der Waals surface area contributed by atoms with Crippen LogP contribution in [-0.4, -0.2) is 30.2 Å². The van der Waals surface area contributed by atoms with Gasteiger partial charge in [-0.25, -0.2) is 0 Å². The van der Waals surface area contributed by atoms with Gasteiger partial charge < -0.3 is 15.6 Å². The lowest BCUT2D eigenvalue weighted by Crippen LogP contribution is -2.46. The molecule has 0 saturated heterocycles. The number of nitrogens with two attached hydrogens (primary N) is 1. The fourth-order valence-electron chi connectivity index (χ4n) is 1.52. The van der Waals surface area contributed by atoms with Gasteiger partial charge >= 0.3 is 11.9 Å². The van der Waals surface area contributed by atoms with Crippen molar-refractivity contribution in [2.45, 2.75) is 18.9 Å². The van der Waals surface area contributed by atoms with Crippen LogP contribution in [0.25, 0.3) is 0 Å². The molecule has 1 atom stereocenters. The first-order chi connectivity index (χ1) is 6.06. The third kappa shape index (κ3) is 1.98. The van der Waals surface area contributed by atoms with E-state index in [1.165, 1.54) is 7.11 Å². The van der Waals surface area contributed by atoms with Crippen LogP contribution in [-0.2, 0) is 14.3 Å². The first-order valence-electron chi connectivity index (χ1n) is 4.12. The van der Waals surface area contributed by atoms with Crippen LogP contribution in [0.2, 0.25) is 0 Å². The smallest absolute Gasteiger partial charge is 0.320 e. The van der Waals surface area contributed by atoms with Gasteiger partial charge in [-0.3, -0.25) is 9.59 Å². The highest BCUT2D eigenvalue weighted by atomic mass is 16.5. The van der Waals surface area contributed by atoms with Gasteiger partial charge in [-0.2, -0.15) is 0 Å². The van der Waals surface area contributed by atoms with E-state index in [2.05, 4.69) is 4.74 Å². The van der Waals surface area contributed by atoms with E-state index >= 15 is 0 Å². The van der Waals surface area contributed by atoms with Crippen molar-refractivity contribution in [1.82, 2.24) is 0 Å². The third-order valence-electron chi connectivity index (χ3n) is 2.50. The number of ether oxygens (including phenoxy) is 1. The zero-order chi connectivity index (χ0) is 10.0. The van der Waals surface area contributed by atoms with Gasteiger partial charge in [-0.1, -0.05) is 0 Å². The summed E-state index contributed by atoms with van der Waals surface area (Å²) in [6.07, 6.45) is 1.06. The standard InChI is InChI=1S/C8H13NO4/c1-13-8(12)5-2-4(3-5)6(9)7(10)11/h4-6H,2-3,9H2,1H3,(H,10,11). The Kier molecular flexibility index (Phi) is 2.87. The van der Waals surface area contributed by atoms with Crippen LogP contribution in [0.3, 0.4) is 0 Å². The van der Waals surface area contributed by atoms with Gasteiger partial charge in [0.1, 0.15) is 6.04 Å². The van der Waals surface area contributed by atoms with Crippen LogP contribution in [0.4, 0.5) is 0 Å². The summed E-state index contributed by atoms with van der Waals surface area (Å²) in [5.74, 6) is -1.51. The normalized spacial score (nSPS) is 28.8. The monoisotopic (exact) mass is 187 g/mol. The molecule has 1 fully saturated rings. The summed E-state index contributed by atoms with van der Waals surface area (Å²) in [4.78, 5) is 21.4. The molecule has 0 aliphatic heterocycles. The molecule has 5 heteroatoms. The number of aliphatic carboxylic acids is 1. The number of methoxy groups -OCH3 is 1. The minimum absolute atomic E-state index is 0.0819. The maximum atomic E-state index is 10.9. The Labute approximate surface area is 75.9 Å². The molecule has 0 heterocycles. The van der Waals surface area contributed by atoms with E-state index in [-0.39, 0.29) is 17.8 Å². The number of hydrogen-bond donors (Lipinski definition) is 2. The number of carbonyl (C=O) groups is 2. The minimum Gasteiger partial charge on any atom is -0.480 e. The maximum Gasteiger partial charge on any atom is 0.320 e. The molecule has 0 aromatic rings. The Morgan fingerprint density at radius 2 is 2.08 bits per heavy atom. The number of carboxylic acid groups (broad SMARTS) is 1. The Bertz CT molecular complexity index is 222. The van der Waals surface area contributed by atoms with Gasteiger partial charge in [-0.15, -0.1) is 0 Å². The molecule has 13 heavy (non-hydrogen) atoms. The molecule has 74 valence electrons. The molecule has 0 radical (unpaired) electrons. The molecule has 0 amide bonds. The molecule has 1 unspecified atom stereocenters. The average Bonchev–Trinajstić information content (AvgIpc) is 2.00. The van der Waals surface area contributed by atoms with Crippen molar-refractivity contribution >= 4 is 11.9 Å². The predicted octanol–water partition coefficient (Wildman–Crippen LogP) is -0.402. The van der Waals surface area contributed by atoms with E-state index in [9.17, 15) is 9.59 Å². The highest BCUT2D eigenvalue weighted by Crippen LogP contribution is 2.36. The Morgan fingerprint density at radius 3 is 2.46 bits per heavy atom. The second-order valence-corrected chi connectivity index (χ2v) is 3.32. The third-order valence-corrected chi connectivity index (χ3v) is 2.50. The lowest BCUT2D eigenvalue weighted by molar-refractivity contribution is -0.153. The SMILES string of the molecule is COC(=O)C1CC(C(N)C(=O)O)C1. The van der Waals surface area contributed by atoms with Crippen LogP contribution >= 0.6 is 0 Å². The molecule has 0 bridgehead atoms. The number of hydrogen-bond acceptors (Lipinski definition) is 4. The zero-order valence-electron chi connectivity index (χ0n) is 7.40. The highest BCUT2D eigenvalue weighted by Gasteiger charge is 2.40. The van der Waals surface area contributed by atoms with E-state index < -0.39 is 12.0 Å². The summed E-state index contributed by atoms with van der Waals surface area (Å²) in [5.41, 5.74) is 5.37. The summed E-state index contributed by atoms with van der Waals surface area (Å²) in [5, 5.41) is 8.56. The number of carboxylic acids is 1. The van der Waals surface area contributed by atoms with Crippen molar-refractivity contribution < 1.29 is 19.4 Å². The molecule has 5 nitrogen and oxygen atoms in total. The molecular weight excluding hydrogens is 174 g/mol. The molecular formula is C8H13NO4. The van der Waals surface area contributed by atoms with Gasteiger partial charge in [0.2, 0.25) is 0 Å². The summed E-state index contributed by atoms with van der Waals surface area (Å²) < 4.78 is 4.52. The van der Waals surface area contributed by atoms with Crippen LogP contribution < -0.4 is 5.73 Å². The zero-order valence-corrected chi connectivity index (χ0v) is 7.40. The summed E-state index contributed by atoms with van der Waals surface area (Å²) >= 11 is 0. The van der Waals surface area contributed by atoms with E-state index in [1.54, 1.807) is 0 Å². The van der Waals surface area contributed by atoms with E-state index in [4.69, 9.17) is 10.8 Å². The summed E-state index contributed by atoms with van der Waals surface area (Å²) in [6.45, 7) is 0. The second kappa shape index (κ2) is 3.74. The first-order valence-corrected chi connectivity index (χ1v) is 4.12. The van der Waals surface area contributed by atoms with Gasteiger partial charge in [0.05, 0.1) is 13.0 Å². The summed E-state index contributed by atoms with van der Waals surface area (Å²) in [6, 6.07) is -0.846. The first kappa shape index (κ1) is 9.98. The number of carbonyl (C=O) groups excluding carboxylic acids is 1.